The molecule has 230 valence electrons. The van der Waals surface area contributed by atoms with Gasteiger partial charge >= 0.3 is 6.09 Å². The SMILES string of the molecule is CN=C(N)CC1N=C(c2ccc(C#CC3CC4(C3)CN(C(=O)OC(C)(C)C)C4)c(F)c2)c2c(sc(C)c2C)-n2c(C)nnc21. The van der Waals surface area contributed by atoms with Gasteiger partial charge in [0.05, 0.1) is 17.1 Å². The molecule has 1 aromatic carbocycles. The molecule has 2 aromatic heterocycles. The van der Waals surface area contributed by atoms with Gasteiger partial charge < -0.3 is 15.4 Å². The number of carbonyl (C=O) groups is 1. The monoisotopic (exact) mass is 615 g/mol. The van der Waals surface area contributed by atoms with Crippen molar-refractivity contribution in [2.24, 2.45) is 27.1 Å². The van der Waals surface area contributed by atoms with Crippen LogP contribution in [0.2, 0.25) is 0 Å². The minimum atomic E-state index is -0.501. The normalized spacial score (nSPS) is 19.2. The van der Waals surface area contributed by atoms with Gasteiger partial charge in [-0.3, -0.25) is 14.6 Å². The molecule has 1 amide bonds. The number of likely N-dealkylation sites (tertiary alicyclic amines) is 1. The topological polar surface area (TPSA) is 111 Å². The first kappa shape index (κ1) is 30.0. The number of benzene rings is 1. The Hall–Kier alpha value is -4.04. The summed E-state index contributed by atoms with van der Waals surface area (Å²) in [5.74, 6) is 8.05. The third kappa shape index (κ3) is 5.40. The molecule has 3 aromatic rings. The third-order valence-electron chi connectivity index (χ3n) is 8.65. The molecule has 0 radical (unpaired) electrons. The fraction of sp³-hybridized carbons (Fsp3) is 0.485. The Balaban J connectivity index is 1.23. The number of amides is 1. The minimum Gasteiger partial charge on any atom is -0.444 e. The molecule has 1 aliphatic carbocycles. The summed E-state index contributed by atoms with van der Waals surface area (Å²) >= 11 is 1.65. The van der Waals surface area contributed by atoms with E-state index in [-0.39, 0.29) is 23.2 Å². The highest BCUT2D eigenvalue weighted by molar-refractivity contribution is 7.15. The van der Waals surface area contributed by atoms with Crippen LogP contribution in [-0.4, -0.2) is 63.0 Å². The van der Waals surface area contributed by atoms with E-state index in [9.17, 15) is 4.79 Å². The van der Waals surface area contributed by atoms with Gasteiger partial charge in [0.25, 0.3) is 0 Å². The lowest BCUT2D eigenvalue weighted by Gasteiger charge is -2.57. The first-order valence-electron chi connectivity index (χ1n) is 14.9. The number of aliphatic imine (C=N–C) groups is 2. The molecule has 9 nitrogen and oxygen atoms in total. The summed E-state index contributed by atoms with van der Waals surface area (Å²) in [6, 6.07) is 4.73. The lowest BCUT2D eigenvalue weighted by molar-refractivity contribution is -0.0832. The molecule has 0 bridgehead atoms. The molecule has 2 aliphatic heterocycles. The standard InChI is InChI=1S/C33H38FN7O2S/c1-18-19(2)44-30-27(18)28(37-25(13-26(35)36-7)29-39-38-20(3)41(29)30)23-11-10-22(24(34)12-23)9-8-21-14-33(15-21)16-40(17-33)31(42)43-32(4,5)6/h10-12,21,25H,13-17H2,1-7H3,(H2,35,36). The third-order valence-corrected chi connectivity index (χ3v) is 9.84. The van der Waals surface area contributed by atoms with Crippen molar-refractivity contribution >= 4 is 29.0 Å². The first-order chi connectivity index (χ1) is 20.8. The number of aromatic nitrogens is 3. The molecule has 4 heterocycles. The molecule has 1 atom stereocenters. The van der Waals surface area contributed by atoms with Crippen LogP contribution in [0.3, 0.4) is 0 Å². The molecule has 6 rings (SSSR count). The highest BCUT2D eigenvalue weighted by Gasteiger charge is 2.54. The number of hydrogen-bond acceptors (Lipinski definition) is 7. The number of hydrogen-bond donors (Lipinski definition) is 1. The summed E-state index contributed by atoms with van der Waals surface area (Å²) < 4.78 is 23.1. The van der Waals surface area contributed by atoms with Crippen LogP contribution in [0.1, 0.15) is 84.9 Å². The van der Waals surface area contributed by atoms with Crippen LogP contribution in [-0.2, 0) is 4.74 Å². The van der Waals surface area contributed by atoms with E-state index in [4.69, 9.17) is 15.5 Å². The lowest BCUT2D eigenvalue weighted by atomic mass is 9.58. The zero-order valence-electron chi connectivity index (χ0n) is 26.3. The zero-order valence-corrected chi connectivity index (χ0v) is 27.1. The first-order valence-corrected chi connectivity index (χ1v) is 15.7. The second-order valence-electron chi connectivity index (χ2n) is 13.2. The number of halogens is 1. The molecule has 1 saturated carbocycles. The summed E-state index contributed by atoms with van der Waals surface area (Å²) in [4.78, 5) is 24.5. The Kier molecular flexibility index (Phi) is 7.39. The van der Waals surface area contributed by atoms with Gasteiger partial charge in [0, 0.05) is 53.9 Å². The van der Waals surface area contributed by atoms with Gasteiger partial charge in [-0.15, -0.1) is 21.5 Å². The van der Waals surface area contributed by atoms with E-state index in [2.05, 4.69) is 40.9 Å². The fourth-order valence-corrected chi connectivity index (χ4v) is 7.54. The molecule has 3 aliphatic rings. The van der Waals surface area contributed by atoms with Crippen molar-refractivity contribution in [3.8, 4) is 16.8 Å². The number of ether oxygens (including phenoxy) is 1. The van der Waals surface area contributed by atoms with Crippen molar-refractivity contribution in [2.45, 2.75) is 72.4 Å². The number of thiophene rings is 1. The van der Waals surface area contributed by atoms with Crippen molar-refractivity contribution in [3.63, 3.8) is 0 Å². The number of amidine groups is 1. The van der Waals surface area contributed by atoms with E-state index >= 15 is 4.39 Å². The Morgan fingerprint density at radius 3 is 2.61 bits per heavy atom. The molecule has 1 unspecified atom stereocenters. The average molecular weight is 616 g/mol. The molecular weight excluding hydrogens is 577 g/mol. The Morgan fingerprint density at radius 1 is 1.23 bits per heavy atom. The van der Waals surface area contributed by atoms with Crippen molar-refractivity contribution < 1.29 is 13.9 Å². The summed E-state index contributed by atoms with van der Waals surface area (Å²) in [6.45, 7) is 13.1. The number of aryl methyl sites for hydroxylation is 2. The van der Waals surface area contributed by atoms with Gasteiger partial charge in [-0.05, 0) is 72.1 Å². The Labute approximate surface area is 261 Å². The van der Waals surface area contributed by atoms with Crippen LogP contribution in [0.4, 0.5) is 9.18 Å². The van der Waals surface area contributed by atoms with Crippen LogP contribution in [0.5, 0.6) is 0 Å². The van der Waals surface area contributed by atoms with Crippen molar-refractivity contribution in [1.29, 1.82) is 0 Å². The minimum absolute atomic E-state index is 0.120. The van der Waals surface area contributed by atoms with Gasteiger partial charge in [-0.25, -0.2) is 9.18 Å². The summed E-state index contributed by atoms with van der Waals surface area (Å²) in [6.07, 6.45) is 1.92. The van der Waals surface area contributed by atoms with Gasteiger partial charge in [-0.1, -0.05) is 17.9 Å². The number of rotatable bonds is 3. The van der Waals surface area contributed by atoms with Crippen molar-refractivity contribution in [2.75, 3.05) is 20.1 Å². The van der Waals surface area contributed by atoms with Crippen LogP contribution in [0.15, 0.2) is 28.2 Å². The summed E-state index contributed by atoms with van der Waals surface area (Å²) in [5.41, 5.74) is 9.53. The Morgan fingerprint density at radius 2 is 1.95 bits per heavy atom. The number of nitrogens with zero attached hydrogens (tertiary/aromatic N) is 6. The van der Waals surface area contributed by atoms with E-state index in [0.717, 1.165) is 39.7 Å². The van der Waals surface area contributed by atoms with Crippen LogP contribution >= 0.6 is 11.3 Å². The molecule has 2 fully saturated rings. The van der Waals surface area contributed by atoms with Crippen molar-refractivity contribution in [1.82, 2.24) is 19.7 Å². The van der Waals surface area contributed by atoms with Gasteiger partial charge in [0.1, 0.15) is 28.3 Å². The molecule has 1 saturated heterocycles. The fourth-order valence-electron chi connectivity index (χ4n) is 6.32. The van der Waals surface area contributed by atoms with Crippen LogP contribution in [0.25, 0.3) is 5.00 Å². The predicted octanol–water partition coefficient (Wildman–Crippen LogP) is 5.66. The van der Waals surface area contributed by atoms with Gasteiger partial charge in [-0.2, -0.15) is 0 Å². The zero-order chi connectivity index (χ0) is 31.6. The van der Waals surface area contributed by atoms with Gasteiger partial charge in [0.15, 0.2) is 5.82 Å². The highest BCUT2D eigenvalue weighted by atomic mass is 32.1. The van der Waals surface area contributed by atoms with E-state index in [1.807, 2.05) is 38.3 Å². The summed E-state index contributed by atoms with van der Waals surface area (Å²) in [5, 5.41) is 9.78. The molecular formula is C33H38FN7O2S. The lowest BCUT2D eigenvalue weighted by Crippen LogP contribution is -2.64. The van der Waals surface area contributed by atoms with Crippen LogP contribution < -0.4 is 5.73 Å². The van der Waals surface area contributed by atoms with Crippen LogP contribution in [0, 0.1) is 49.8 Å². The van der Waals surface area contributed by atoms with E-state index in [1.54, 1.807) is 29.4 Å². The average Bonchev–Trinajstić information content (AvgIpc) is 3.38. The maximum Gasteiger partial charge on any atom is 0.410 e. The number of carbonyl (C=O) groups excluding carboxylic acids is 1. The number of fused-ring (bicyclic) bond motifs is 3. The molecule has 1 spiro atoms. The summed E-state index contributed by atoms with van der Waals surface area (Å²) in [7, 11) is 1.65. The van der Waals surface area contributed by atoms with E-state index < -0.39 is 11.6 Å². The Bertz CT molecular complexity index is 1770. The van der Waals surface area contributed by atoms with E-state index in [1.165, 1.54) is 6.07 Å². The maximum atomic E-state index is 15.6. The maximum absolute atomic E-state index is 15.6. The largest absolute Gasteiger partial charge is 0.444 e. The second-order valence-corrected chi connectivity index (χ2v) is 14.4. The van der Waals surface area contributed by atoms with Gasteiger partial charge in [0.2, 0.25) is 0 Å². The van der Waals surface area contributed by atoms with E-state index in [0.29, 0.717) is 48.0 Å². The highest BCUT2D eigenvalue weighted by Crippen LogP contribution is 2.52. The quantitative estimate of drug-likeness (QED) is 0.232. The second kappa shape index (κ2) is 10.8. The predicted molar refractivity (Wildman–Crippen MR) is 170 cm³/mol. The smallest absolute Gasteiger partial charge is 0.410 e. The number of nitrogens with two attached hydrogens (primary N) is 1. The molecule has 11 heteroatoms. The molecule has 2 N–H and O–H groups in total. The molecule has 44 heavy (non-hydrogen) atoms. The van der Waals surface area contributed by atoms with Crippen molar-refractivity contribution in [3.05, 3.63) is 62.8 Å².